The molecule has 1 aliphatic carbocycles. The van der Waals surface area contributed by atoms with Gasteiger partial charge in [-0.3, -0.25) is 14.2 Å². The molecular formula is C17H20N6O3. The second-order valence-corrected chi connectivity index (χ2v) is 6.92. The minimum Gasteiger partial charge on any atom is -0.393 e. The third kappa shape index (κ3) is 2.51. The molecule has 5 N–H and O–H groups in total. The third-order valence-corrected chi connectivity index (χ3v) is 5.03. The fraction of sp³-hybridized carbons (Fsp3) is 0.412. The molecule has 1 aliphatic heterocycles. The van der Waals surface area contributed by atoms with Crippen LogP contribution in [0.1, 0.15) is 41.7 Å². The van der Waals surface area contributed by atoms with E-state index in [0.717, 1.165) is 6.42 Å². The van der Waals surface area contributed by atoms with Crippen molar-refractivity contribution in [3.8, 4) is 0 Å². The molecule has 26 heavy (non-hydrogen) atoms. The fourth-order valence-corrected chi connectivity index (χ4v) is 3.97. The topological polar surface area (TPSA) is 135 Å². The first-order chi connectivity index (χ1) is 12.4. The molecule has 3 heterocycles. The number of nitrogen functional groups attached to an aromatic ring is 1. The van der Waals surface area contributed by atoms with Gasteiger partial charge in [-0.25, -0.2) is 9.97 Å². The van der Waals surface area contributed by atoms with Crippen molar-refractivity contribution < 1.29 is 9.90 Å². The first-order valence-electron chi connectivity index (χ1n) is 8.52. The van der Waals surface area contributed by atoms with Crippen molar-refractivity contribution in [2.45, 2.75) is 44.4 Å². The summed E-state index contributed by atoms with van der Waals surface area (Å²) in [4.78, 5) is 33.6. The molecule has 2 unspecified atom stereocenters. The number of carbonyl (C=O) groups is 1. The van der Waals surface area contributed by atoms with Gasteiger partial charge >= 0.3 is 0 Å². The summed E-state index contributed by atoms with van der Waals surface area (Å²) in [5, 5.41) is 16.0. The molecule has 1 fully saturated rings. The number of aromatic nitrogens is 3. The van der Waals surface area contributed by atoms with E-state index in [2.05, 4.69) is 20.6 Å². The number of nitrogens with two attached hydrogens (primary N) is 1. The van der Waals surface area contributed by atoms with Gasteiger partial charge in [0.25, 0.3) is 11.5 Å². The lowest BCUT2D eigenvalue weighted by atomic mass is 9.87. The van der Waals surface area contributed by atoms with Crippen LogP contribution in [0.15, 0.2) is 23.3 Å². The van der Waals surface area contributed by atoms with Gasteiger partial charge in [0.15, 0.2) is 0 Å². The number of rotatable bonds is 2. The quantitative estimate of drug-likeness (QED) is 0.619. The number of pyridine rings is 1. The normalized spacial score (nSPS) is 24.4. The zero-order valence-corrected chi connectivity index (χ0v) is 14.3. The number of fused-ring (bicyclic) bond motifs is 2. The van der Waals surface area contributed by atoms with E-state index in [9.17, 15) is 14.7 Å². The monoisotopic (exact) mass is 356 g/mol. The van der Waals surface area contributed by atoms with E-state index in [-0.39, 0.29) is 17.3 Å². The number of nitrogens with one attached hydrogen (secondary N) is 2. The van der Waals surface area contributed by atoms with E-state index in [1.54, 1.807) is 13.0 Å². The predicted molar refractivity (Wildman–Crippen MR) is 95.1 cm³/mol. The van der Waals surface area contributed by atoms with Crippen LogP contribution in [-0.2, 0) is 5.66 Å². The maximum absolute atomic E-state index is 13.2. The number of hydrogen-bond acceptors (Lipinski definition) is 7. The van der Waals surface area contributed by atoms with Crippen LogP contribution in [0.4, 0.5) is 17.3 Å². The molecule has 2 aromatic heterocycles. The number of amides is 1. The van der Waals surface area contributed by atoms with Crippen LogP contribution < -0.4 is 21.9 Å². The highest BCUT2D eigenvalue weighted by Gasteiger charge is 2.47. The first kappa shape index (κ1) is 16.5. The molecule has 2 aromatic rings. The number of anilines is 3. The van der Waals surface area contributed by atoms with Crippen molar-refractivity contribution in [2.75, 3.05) is 11.1 Å². The van der Waals surface area contributed by atoms with E-state index in [0.29, 0.717) is 42.0 Å². The van der Waals surface area contributed by atoms with Gasteiger partial charge in [0.1, 0.15) is 35.0 Å². The molecule has 9 heteroatoms. The van der Waals surface area contributed by atoms with E-state index in [1.165, 1.54) is 17.0 Å². The van der Waals surface area contributed by atoms with Crippen molar-refractivity contribution in [2.24, 2.45) is 0 Å². The fourth-order valence-electron chi connectivity index (χ4n) is 3.97. The van der Waals surface area contributed by atoms with Gasteiger partial charge in [0, 0.05) is 12.5 Å². The van der Waals surface area contributed by atoms with Crippen molar-refractivity contribution >= 4 is 23.2 Å². The number of nitrogens with zero attached hydrogens (tertiary/aromatic N) is 3. The summed E-state index contributed by atoms with van der Waals surface area (Å²) in [6.07, 6.45) is 3.06. The van der Waals surface area contributed by atoms with Crippen LogP contribution in [0.2, 0.25) is 0 Å². The lowest BCUT2D eigenvalue weighted by molar-refractivity contribution is 0.0400. The first-order valence-corrected chi connectivity index (χ1v) is 8.52. The molecule has 9 nitrogen and oxygen atoms in total. The van der Waals surface area contributed by atoms with Gasteiger partial charge in [0.2, 0.25) is 0 Å². The van der Waals surface area contributed by atoms with Crippen LogP contribution in [0.25, 0.3) is 0 Å². The van der Waals surface area contributed by atoms with E-state index < -0.39 is 11.8 Å². The second kappa shape index (κ2) is 5.80. The van der Waals surface area contributed by atoms with Crippen molar-refractivity contribution in [1.82, 2.24) is 19.9 Å². The Morgan fingerprint density at radius 2 is 2.19 bits per heavy atom. The van der Waals surface area contributed by atoms with Crippen LogP contribution in [0.5, 0.6) is 0 Å². The molecule has 0 bridgehead atoms. The Bertz CT molecular complexity index is 956. The SMILES string of the molecule is Cc1cc(Nc2cc(N)ncn2)c(=O)n2c1C(=O)NC21CCCC(O)C1. The number of aryl methyl sites for hydroxylation is 1. The molecule has 2 atom stereocenters. The summed E-state index contributed by atoms with van der Waals surface area (Å²) in [5.74, 6) is 0.389. The van der Waals surface area contributed by atoms with E-state index >= 15 is 0 Å². The highest BCUT2D eigenvalue weighted by molar-refractivity contribution is 5.97. The minimum atomic E-state index is -0.881. The molecule has 0 saturated heterocycles. The minimum absolute atomic E-state index is 0.282. The number of aliphatic hydroxyl groups is 1. The van der Waals surface area contributed by atoms with Gasteiger partial charge in [-0.2, -0.15) is 0 Å². The van der Waals surface area contributed by atoms with E-state index in [1.807, 2.05) is 0 Å². The Morgan fingerprint density at radius 3 is 2.92 bits per heavy atom. The largest absolute Gasteiger partial charge is 0.393 e. The maximum Gasteiger partial charge on any atom is 0.276 e. The summed E-state index contributed by atoms with van der Waals surface area (Å²) in [6, 6.07) is 3.15. The van der Waals surface area contributed by atoms with Crippen LogP contribution in [0.3, 0.4) is 0 Å². The van der Waals surface area contributed by atoms with Crippen LogP contribution >= 0.6 is 0 Å². The number of aliphatic hydroxyl groups excluding tert-OH is 1. The van der Waals surface area contributed by atoms with Gasteiger partial charge in [-0.1, -0.05) is 0 Å². The summed E-state index contributed by atoms with van der Waals surface area (Å²) >= 11 is 0. The second-order valence-electron chi connectivity index (χ2n) is 6.92. The highest BCUT2D eigenvalue weighted by Crippen LogP contribution is 2.37. The van der Waals surface area contributed by atoms with Gasteiger partial charge in [-0.05, 0) is 37.8 Å². The van der Waals surface area contributed by atoms with Crippen molar-refractivity contribution in [1.29, 1.82) is 0 Å². The Hall–Kier alpha value is -2.94. The number of carbonyl (C=O) groups excluding carboxylic acids is 1. The average molecular weight is 356 g/mol. The standard InChI is InChI=1S/C17H20N6O3/c1-9-5-11(21-13-6-12(18)19-8-20-13)16(26)23-14(9)15(25)22-17(23)4-2-3-10(24)7-17/h5-6,8,10,24H,2-4,7H2,1H3,(H,22,25)(H3,18,19,20,21). The van der Waals surface area contributed by atoms with Crippen molar-refractivity contribution in [3.05, 3.63) is 40.1 Å². The summed E-state index contributed by atoms with van der Waals surface area (Å²) in [5.41, 5.74) is 5.75. The van der Waals surface area contributed by atoms with Gasteiger partial charge in [0.05, 0.1) is 6.10 Å². The van der Waals surface area contributed by atoms with Crippen LogP contribution in [-0.4, -0.2) is 31.7 Å². The molecule has 1 saturated carbocycles. The van der Waals surface area contributed by atoms with Crippen LogP contribution in [0, 0.1) is 6.92 Å². The molecule has 1 spiro atoms. The molecule has 0 radical (unpaired) electrons. The van der Waals surface area contributed by atoms with Gasteiger partial charge < -0.3 is 21.5 Å². The molecule has 136 valence electrons. The van der Waals surface area contributed by atoms with E-state index in [4.69, 9.17) is 5.73 Å². The molecule has 0 aromatic carbocycles. The zero-order chi connectivity index (χ0) is 18.5. The molecule has 4 rings (SSSR count). The smallest absolute Gasteiger partial charge is 0.276 e. The highest BCUT2D eigenvalue weighted by atomic mass is 16.3. The molecule has 1 amide bonds. The maximum atomic E-state index is 13.2. The lowest BCUT2D eigenvalue weighted by Crippen LogP contribution is -2.51. The van der Waals surface area contributed by atoms with Gasteiger partial charge in [-0.15, -0.1) is 0 Å². The Morgan fingerprint density at radius 1 is 1.38 bits per heavy atom. The Labute approximate surface area is 149 Å². The Kier molecular flexibility index (Phi) is 3.69. The molecule has 2 aliphatic rings. The molecular weight excluding hydrogens is 336 g/mol. The third-order valence-electron chi connectivity index (χ3n) is 5.03. The average Bonchev–Trinajstić information content (AvgIpc) is 2.84. The van der Waals surface area contributed by atoms with Crippen molar-refractivity contribution in [3.63, 3.8) is 0 Å². The predicted octanol–water partition coefficient (Wildman–Crippen LogP) is 0.604. The Balaban J connectivity index is 1.84. The summed E-state index contributed by atoms with van der Waals surface area (Å²) in [6.45, 7) is 1.78. The summed E-state index contributed by atoms with van der Waals surface area (Å²) in [7, 11) is 0. The lowest BCUT2D eigenvalue weighted by Gasteiger charge is -2.37. The number of hydrogen-bond donors (Lipinski definition) is 4. The zero-order valence-electron chi connectivity index (χ0n) is 14.3. The summed E-state index contributed by atoms with van der Waals surface area (Å²) < 4.78 is 1.50.